The lowest BCUT2D eigenvalue weighted by Crippen LogP contribution is -2.00. The van der Waals surface area contributed by atoms with Gasteiger partial charge in [-0.15, -0.1) is 10.2 Å². The summed E-state index contributed by atoms with van der Waals surface area (Å²) >= 11 is 1.35. The van der Waals surface area contributed by atoms with Gasteiger partial charge in [-0.05, 0) is 34.1 Å². The quantitative estimate of drug-likeness (QED) is 0.772. The van der Waals surface area contributed by atoms with Crippen LogP contribution in [0.4, 0.5) is 5.69 Å². The van der Waals surface area contributed by atoms with Crippen molar-refractivity contribution in [1.29, 1.82) is 0 Å². The third kappa shape index (κ3) is 2.58. The number of rotatable bonds is 4. The molecular weight excluding hydrogens is 262 g/mol. The van der Waals surface area contributed by atoms with E-state index in [1.165, 1.54) is 11.5 Å². The Kier molecular flexibility index (Phi) is 3.15. The fraction of sp³-hybridized carbons (Fsp3) is 0.182. The lowest BCUT2D eigenvalue weighted by atomic mass is 10.2. The second kappa shape index (κ2) is 5.11. The molecule has 0 saturated heterocycles. The molecule has 0 aliphatic heterocycles. The molecule has 0 spiro atoms. The summed E-state index contributed by atoms with van der Waals surface area (Å²) in [5.74, 6) is 0.735. The molecular formula is C11H11N7S. The number of aryl methyl sites for hydroxylation is 1. The highest BCUT2D eigenvalue weighted by Crippen LogP contribution is 2.19. The first-order valence-corrected chi connectivity index (χ1v) is 6.49. The highest BCUT2D eigenvalue weighted by molar-refractivity contribution is 7.03. The van der Waals surface area contributed by atoms with Gasteiger partial charge in [-0.3, -0.25) is 0 Å². The number of benzene rings is 1. The van der Waals surface area contributed by atoms with Gasteiger partial charge >= 0.3 is 0 Å². The molecule has 0 fully saturated rings. The summed E-state index contributed by atoms with van der Waals surface area (Å²) in [7, 11) is 1.82. The van der Waals surface area contributed by atoms with Gasteiger partial charge in [0.25, 0.3) is 0 Å². The minimum Gasteiger partial charge on any atom is -0.379 e. The van der Waals surface area contributed by atoms with Crippen molar-refractivity contribution in [3.8, 4) is 11.4 Å². The van der Waals surface area contributed by atoms with Crippen LogP contribution in [0.1, 0.15) is 5.69 Å². The van der Waals surface area contributed by atoms with Crippen LogP contribution in [-0.2, 0) is 13.6 Å². The molecule has 2 aromatic heterocycles. The molecule has 96 valence electrons. The van der Waals surface area contributed by atoms with Gasteiger partial charge in [0.1, 0.15) is 0 Å². The Morgan fingerprint density at radius 3 is 3.00 bits per heavy atom. The van der Waals surface area contributed by atoms with Crippen molar-refractivity contribution in [3.05, 3.63) is 35.3 Å². The van der Waals surface area contributed by atoms with Crippen LogP contribution in [0.25, 0.3) is 11.4 Å². The standard InChI is InChI=1S/C11H11N7S/c1-18-11(14-15-16-18)8-3-2-4-9(5-8)12-6-10-7-19-17-13-10/h2-5,7,12H,6H2,1H3. The molecule has 3 rings (SSSR count). The summed E-state index contributed by atoms with van der Waals surface area (Å²) < 4.78 is 5.47. The Bertz CT molecular complexity index is 661. The number of nitrogens with one attached hydrogen (secondary N) is 1. The van der Waals surface area contributed by atoms with Crippen molar-refractivity contribution in [2.45, 2.75) is 6.54 Å². The predicted molar refractivity (Wildman–Crippen MR) is 71.5 cm³/mol. The number of tetrazole rings is 1. The number of anilines is 1. The maximum Gasteiger partial charge on any atom is 0.181 e. The first-order chi connectivity index (χ1) is 9.33. The van der Waals surface area contributed by atoms with E-state index in [9.17, 15) is 0 Å². The molecule has 0 amide bonds. The van der Waals surface area contributed by atoms with Gasteiger partial charge in [0.05, 0.1) is 12.2 Å². The zero-order valence-electron chi connectivity index (χ0n) is 10.2. The van der Waals surface area contributed by atoms with Gasteiger partial charge in [0.2, 0.25) is 0 Å². The third-order valence-electron chi connectivity index (χ3n) is 2.62. The summed E-state index contributed by atoms with van der Waals surface area (Å²) in [4.78, 5) is 0. The number of hydrogen-bond donors (Lipinski definition) is 1. The number of aromatic nitrogens is 6. The van der Waals surface area contributed by atoms with E-state index in [0.29, 0.717) is 6.54 Å². The van der Waals surface area contributed by atoms with Crippen molar-refractivity contribution in [3.63, 3.8) is 0 Å². The van der Waals surface area contributed by atoms with Crippen LogP contribution in [-0.4, -0.2) is 29.8 Å². The van der Waals surface area contributed by atoms with E-state index in [-0.39, 0.29) is 0 Å². The highest BCUT2D eigenvalue weighted by atomic mass is 32.1. The minimum absolute atomic E-state index is 0.650. The maximum atomic E-state index is 3.99. The van der Waals surface area contributed by atoms with Gasteiger partial charge in [0.15, 0.2) is 5.82 Å². The molecule has 0 aliphatic carbocycles. The second-order valence-corrected chi connectivity index (χ2v) is 4.57. The molecule has 1 N–H and O–H groups in total. The van der Waals surface area contributed by atoms with Crippen LogP contribution < -0.4 is 5.32 Å². The van der Waals surface area contributed by atoms with Crippen LogP contribution in [0.2, 0.25) is 0 Å². The normalized spacial score (nSPS) is 10.6. The van der Waals surface area contributed by atoms with E-state index in [2.05, 4.69) is 30.4 Å². The Hall–Kier alpha value is -2.35. The number of nitrogens with zero attached hydrogens (tertiary/aromatic N) is 6. The third-order valence-corrected chi connectivity index (χ3v) is 3.17. The molecule has 0 atom stereocenters. The molecule has 1 aromatic carbocycles. The maximum absolute atomic E-state index is 3.99. The molecule has 0 aliphatic rings. The molecule has 7 nitrogen and oxygen atoms in total. The zero-order chi connectivity index (χ0) is 13.1. The van der Waals surface area contributed by atoms with Crippen LogP contribution in [0.15, 0.2) is 29.6 Å². The molecule has 0 radical (unpaired) electrons. The van der Waals surface area contributed by atoms with E-state index in [0.717, 1.165) is 22.8 Å². The van der Waals surface area contributed by atoms with Gasteiger partial charge in [-0.25, -0.2) is 4.68 Å². The van der Waals surface area contributed by atoms with E-state index < -0.39 is 0 Å². The van der Waals surface area contributed by atoms with Crippen LogP contribution in [0.3, 0.4) is 0 Å². The Balaban J connectivity index is 1.78. The Morgan fingerprint density at radius 2 is 2.26 bits per heavy atom. The van der Waals surface area contributed by atoms with E-state index >= 15 is 0 Å². The molecule has 0 unspecified atom stereocenters. The van der Waals surface area contributed by atoms with Crippen molar-refractivity contribution >= 4 is 17.2 Å². The van der Waals surface area contributed by atoms with E-state index in [1.807, 2.05) is 36.7 Å². The molecule has 0 bridgehead atoms. The van der Waals surface area contributed by atoms with Crippen molar-refractivity contribution in [2.75, 3.05) is 5.32 Å². The Labute approximate surface area is 113 Å². The molecule has 0 saturated carbocycles. The first-order valence-electron chi connectivity index (χ1n) is 5.65. The van der Waals surface area contributed by atoms with Gasteiger partial charge in [-0.1, -0.05) is 16.6 Å². The SMILES string of the molecule is Cn1nnnc1-c1cccc(NCc2csnn2)c1. The summed E-state index contributed by atoms with van der Waals surface area (Å²) in [6.45, 7) is 0.650. The fourth-order valence-electron chi connectivity index (χ4n) is 1.70. The Morgan fingerprint density at radius 1 is 1.32 bits per heavy atom. The van der Waals surface area contributed by atoms with Crippen LogP contribution in [0, 0.1) is 0 Å². The van der Waals surface area contributed by atoms with Crippen molar-refractivity contribution in [1.82, 2.24) is 29.8 Å². The smallest absolute Gasteiger partial charge is 0.181 e. The average Bonchev–Trinajstić information content (AvgIpc) is 3.08. The summed E-state index contributed by atoms with van der Waals surface area (Å²) in [6, 6.07) is 7.94. The first kappa shape index (κ1) is 11.7. The monoisotopic (exact) mass is 273 g/mol. The average molecular weight is 273 g/mol. The summed E-state index contributed by atoms with van der Waals surface area (Å²) in [5, 5.41) is 20.7. The number of hydrogen-bond acceptors (Lipinski definition) is 7. The van der Waals surface area contributed by atoms with Gasteiger partial charge < -0.3 is 5.32 Å². The molecule has 2 heterocycles. The van der Waals surface area contributed by atoms with Gasteiger partial charge in [-0.2, -0.15) is 0 Å². The highest BCUT2D eigenvalue weighted by Gasteiger charge is 2.06. The van der Waals surface area contributed by atoms with Crippen LogP contribution in [0.5, 0.6) is 0 Å². The predicted octanol–water partition coefficient (Wildman–Crippen LogP) is 1.34. The molecule has 8 heteroatoms. The minimum atomic E-state index is 0.650. The lowest BCUT2D eigenvalue weighted by Gasteiger charge is -2.06. The fourth-order valence-corrected chi connectivity index (χ4v) is 2.15. The van der Waals surface area contributed by atoms with E-state index in [4.69, 9.17) is 0 Å². The molecule has 3 aromatic rings. The van der Waals surface area contributed by atoms with Crippen molar-refractivity contribution < 1.29 is 0 Å². The summed E-state index contributed by atoms with van der Waals surface area (Å²) in [6.07, 6.45) is 0. The second-order valence-electron chi connectivity index (χ2n) is 3.96. The topological polar surface area (TPSA) is 81.4 Å². The van der Waals surface area contributed by atoms with E-state index in [1.54, 1.807) is 4.68 Å². The lowest BCUT2D eigenvalue weighted by molar-refractivity contribution is 0.714. The largest absolute Gasteiger partial charge is 0.379 e. The summed E-state index contributed by atoms with van der Waals surface area (Å²) in [5.41, 5.74) is 2.89. The van der Waals surface area contributed by atoms with Crippen molar-refractivity contribution in [2.24, 2.45) is 7.05 Å². The molecule has 19 heavy (non-hydrogen) atoms. The zero-order valence-corrected chi connectivity index (χ0v) is 11.0. The van der Waals surface area contributed by atoms with Crippen LogP contribution >= 0.6 is 11.5 Å². The van der Waals surface area contributed by atoms with Gasteiger partial charge in [0, 0.05) is 23.7 Å².